The van der Waals surface area contributed by atoms with Gasteiger partial charge in [-0.15, -0.1) is 0 Å². The summed E-state index contributed by atoms with van der Waals surface area (Å²) in [5.41, 5.74) is 5.40. The van der Waals surface area contributed by atoms with Crippen LogP contribution in [0.25, 0.3) is 0 Å². The second kappa shape index (κ2) is 78.8. The number of carbonyl (C=O) groups is 2. The van der Waals surface area contributed by atoms with Gasteiger partial charge in [-0.1, -0.05) is 321 Å². The Kier molecular flexibility index (Phi) is 73.8. The van der Waals surface area contributed by atoms with E-state index in [0.29, 0.717) is 12.8 Å². The Morgan fingerprint density at radius 3 is 0.804 bits per heavy atom. The van der Waals surface area contributed by atoms with Gasteiger partial charge in [0.15, 0.2) is 6.10 Å². The molecule has 0 aliphatic heterocycles. The van der Waals surface area contributed by atoms with Crippen LogP contribution in [-0.4, -0.2) is 49.3 Å². The van der Waals surface area contributed by atoms with Crippen molar-refractivity contribution >= 4 is 19.8 Å². The third-order valence-electron chi connectivity index (χ3n) is 14.7. The van der Waals surface area contributed by atoms with Crippen molar-refractivity contribution in [1.29, 1.82) is 0 Å². The molecule has 0 rings (SSSR count). The second-order valence-corrected chi connectivity index (χ2v) is 25.1. The second-order valence-electron chi connectivity index (χ2n) is 23.7. The van der Waals surface area contributed by atoms with Crippen molar-refractivity contribution in [2.45, 2.75) is 264 Å². The summed E-state index contributed by atoms with van der Waals surface area (Å²) in [4.78, 5) is 35.4. The summed E-state index contributed by atoms with van der Waals surface area (Å²) in [5, 5.41) is 0. The van der Waals surface area contributed by atoms with Crippen molar-refractivity contribution < 1.29 is 37.6 Å². The van der Waals surface area contributed by atoms with E-state index < -0.39 is 32.5 Å². The highest BCUT2D eigenvalue weighted by Crippen LogP contribution is 2.43. The Labute approximate surface area is 593 Å². The minimum absolute atomic E-state index is 0.0346. The maximum absolute atomic E-state index is 12.8. The number of phosphoric ester groups is 1. The van der Waals surface area contributed by atoms with Gasteiger partial charge in [0, 0.05) is 19.4 Å². The fraction of sp³-hybridized carbons (Fsp3) is 0.517. The fourth-order valence-electron chi connectivity index (χ4n) is 9.28. The van der Waals surface area contributed by atoms with Crippen LogP contribution in [-0.2, 0) is 32.7 Å². The van der Waals surface area contributed by atoms with Gasteiger partial charge in [0.1, 0.15) is 6.61 Å². The lowest BCUT2D eigenvalue weighted by molar-refractivity contribution is -0.161. The van der Waals surface area contributed by atoms with E-state index in [4.69, 9.17) is 24.3 Å². The first-order valence-corrected chi connectivity index (χ1v) is 39.0. The summed E-state index contributed by atoms with van der Waals surface area (Å²) in [7, 11) is -4.42. The summed E-state index contributed by atoms with van der Waals surface area (Å²) in [6.45, 7) is 3.45. The number of ether oxygens (including phenoxy) is 2. The molecular weight excluding hydrogens is 1220 g/mol. The molecular formula is C87H134NO8P. The van der Waals surface area contributed by atoms with Crippen LogP contribution in [0.3, 0.4) is 0 Å². The summed E-state index contributed by atoms with van der Waals surface area (Å²) in [5.74, 6) is -0.887. The standard InChI is InChI=1S/C87H134NO8P/c1-3-5-7-9-11-13-15-17-19-21-23-25-27-29-31-33-35-37-39-41-42-44-45-47-49-51-53-55-57-59-61-63-65-67-69-71-73-75-77-79-86(89)93-83-85(84-95-97(91,92)94-82-81-88)96-87(90)80-78-76-74-72-70-68-66-64-62-60-58-56-54-52-50-48-46-43-40-38-36-34-32-30-28-26-24-22-20-18-16-14-12-10-8-6-4-2/h5-8,11-14,17-20,23-26,29-32,35-38,41-43,45-47,50-53,56,58,62,64,68,70,85H,3-4,9-10,15-16,21-22,27-28,33-34,39-40,44,48-49,54-55,57,59-61,63,65-67,69,71-84,88H2,1-2H3,(H,91,92)/b7-5-,8-6-,13-11-,14-12-,19-17-,20-18-,25-23-,26-24-,31-29-,32-30-,37-35-,38-36-,42-41-,46-43-,47-45-,52-50-,53-51-,58-56-,64-62-,70-68-. The highest BCUT2D eigenvalue weighted by molar-refractivity contribution is 7.47. The molecule has 0 heterocycles. The van der Waals surface area contributed by atoms with Crippen molar-refractivity contribution in [2.75, 3.05) is 26.4 Å². The monoisotopic (exact) mass is 1350 g/mol. The van der Waals surface area contributed by atoms with Crippen molar-refractivity contribution in [1.82, 2.24) is 0 Å². The maximum Gasteiger partial charge on any atom is 0.472 e. The van der Waals surface area contributed by atoms with Crippen LogP contribution in [0, 0.1) is 0 Å². The van der Waals surface area contributed by atoms with Gasteiger partial charge in [-0.2, -0.15) is 0 Å². The zero-order valence-corrected chi connectivity index (χ0v) is 61.6. The number of hydrogen-bond donors (Lipinski definition) is 2. The molecule has 0 bridgehead atoms. The number of nitrogens with two attached hydrogens (primary N) is 1. The lowest BCUT2D eigenvalue weighted by atomic mass is 10.0. The molecule has 0 aromatic rings. The number of hydrogen-bond acceptors (Lipinski definition) is 8. The van der Waals surface area contributed by atoms with Gasteiger partial charge in [0.05, 0.1) is 13.2 Å². The lowest BCUT2D eigenvalue weighted by Gasteiger charge is -2.19. The summed E-state index contributed by atoms with van der Waals surface area (Å²) in [6.07, 6.45) is 125. The van der Waals surface area contributed by atoms with Crippen molar-refractivity contribution in [3.8, 4) is 0 Å². The molecule has 0 saturated heterocycles. The smallest absolute Gasteiger partial charge is 0.462 e. The molecule has 0 saturated carbocycles. The quantitative estimate of drug-likeness (QED) is 0.0264. The van der Waals surface area contributed by atoms with Gasteiger partial charge in [0.2, 0.25) is 0 Å². The van der Waals surface area contributed by atoms with Crippen LogP contribution in [0.4, 0.5) is 0 Å². The number of rotatable bonds is 67. The first-order chi connectivity index (χ1) is 47.8. The van der Waals surface area contributed by atoms with Crippen LogP contribution in [0.2, 0.25) is 0 Å². The van der Waals surface area contributed by atoms with Gasteiger partial charge in [-0.05, 0) is 167 Å². The van der Waals surface area contributed by atoms with E-state index in [1.807, 2.05) is 0 Å². The molecule has 0 amide bonds. The summed E-state index contributed by atoms with van der Waals surface area (Å²) >= 11 is 0. The molecule has 9 nitrogen and oxygen atoms in total. The van der Waals surface area contributed by atoms with Gasteiger partial charge < -0.3 is 20.1 Å². The Balaban J connectivity index is 4.04. The number of phosphoric acid groups is 1. The molecule has 2 unspecified atom stereocenters. The highest BCUT2D eigenvalue weighted by atomic mass is 31.2. The van der Waals surface area contributed by atoms with Crippen LogP contribution in [0.15, 0.2) is 243 Å². The van der Waals surface area contributed by atoms with Crippen molar-refractivity contribution in [2.24, 2.45) is 5.73 Å². The molecule has 0 fully saturated rings. The molecule has 3 N–H and O–H groups in total. The van der Waals surface area contributed by atoms with E-state index in [-0.39, 0.29) is 32.6 Å². The first kappa shape index (κ1) is 90.8. The van der Waals surface area contributed by atoms with Gasteiger partial charge in [0.25, 0.3) is 0 Å². The molecule has 0 aliphatic rings. The third kappa shape index (κ3) is 78.7. The zero-order valence-electron chi connectivity index (χ0n) is 60.7. The molecule has 0 aromatic carbocycles. The zero-order chi connectivity index (χ0) is 70.0. The molecule has 97 heavy (non-hydrogen) atoms. The fourth-order valence-corrected chi connectivity index (χ4v) is 10.0. The maximum atomic E-state index is 12.8. The predicted molar refractivity (Wildman–Crippen MR) is 421 cm³/mol. The highest BCUT2D eigenvalue weighted by Gasteiger charge is 2.26. The van der Waals surface area contributed by atoms with E-state index in [0.717, 1.165) is 173 Å². The van der Waals surface area contributed by atoms with Crippen LogP contribution < -0.4 is 5.73 Å². The number of esters is 2. The Morgan fingerprint density at radius 2 is 0.536 bits per heavy atom. The molecule has 540 valence electrons. The van der Waals surface area contributed by atoms with Crippen molar-refractivity contribution in [3.63, 3.8) is 0 Å². The number of unbranched alkanes of at least 4 members (excludes halogenated alkanes) is 14. The number of carbonyl (C=O) groups excluding carboxylic acids is 2. The molecule has 0 radical (unpaired) electrons. The average molecular weight is 1350 g/mol. The minimum Gasteiger partial charge on any atom is -0.462 e. The average Bonchev–Trinajstić information content (AvgIpc) is 2.17. The summed E-state index contributed by atoms with van der Waals surface area (Å²) < 4.78 is 33.2. The normalized spacial score (nSPS) is 14.3. The van der Waals surface area contributed by atoms with E-state index in [1.54, 1.807) is 0 Å². The van der Waals surface area contributed by atoms with E-state index in [2.05, 4.69) is 257 Å². The Morgan fingerprint density at radius 1 is 0.309 bits per heavy atom. The third-order valence-corrected chi connectivity index (χ3v) is 15.7. The SMILES string of the molecule is CC/C=C\C/C=C\C/C=C\C/C=C\C/C=C\C/C=C\C/C=C\C/C=C\C/C=C\C/C=C\C/C=C\CCCCCC(=O)OC(COC(=O)CCCCCCCCCCCCC/C=C\C/C=C\C/C=C\C/C=C\C/C=C\C/C=C\C/C=C\C/C=C\C/C=C\CC)COP(=O)(O)OCCN. The van der Waals surface area contributed by atoms with Crippen LogP contribution in [0.1, 0.15) is 258 Å². The summed E-state index contributed by atoms with van der Waals surface area (Å²) in [6, 6.07) is 0. The first-order valence-electron chi connectivity index (χ1n) is 37.5. The van der Waals surface area contributed by atoms with E-state index >= 15 is 0 Å². The lowest BCUT2D eigenvalue weighted by Crippen LogP contribution is -2.29. The van der Waals surface area contributed by atoms with Crippen LogP contribution >= 0.6 is 7.82 Å². The molecule has 2 atom stereocenters. The predicted octanol–water partition coefficient (Wildman–Crippen LogP) is 25.5. The van der Waals surface area contributed by atoms with E-state index in [9.17, 15) is 19.0 Å². The molecule has 0 aromatic heterocycles. The van der Waals surface area contributed by atoms with Gasteiger partial charge in [-0.25, -0.2) is 4.57 Å². The van der Waals surface area contributed by atoms with Crippen molar-refractivity contribution in [3.05, 3.63) is 243 Å². The molecule has 0 aliphatic carbocycles. The Hall–Kier alpha value is -6.19. The topological polar surface area (TPSA) is 134 Å². The largest absolute Gasteiger partial charge is 0.472 e. The number of allylic oxidation sites excluding steroid dienone is 40. The van der Waals surface area contributed by atoms with Gasteiger partial charge >= 0.3 is 19.8 Å². The van der Waals surface area contributed by atoms with E-state index in [1.165, 1.54) is 44.9 Å². The molecule has 10 heteroatoms. The molecule has 0 spiro atoms. The van der Waals surface area contributed by atoms with Gasteiger partial charge in [-0.3, -0.25) is 18.6 Å². The minimum atomic E-state index is -4.42. The van der Waals surface area contributed by atoms with Crippen LogP contribution in [0.5, 0.6) is 0 Å². The Bertz CT molecular complexity index is 2500.